The fourth-order valence-corrected chi connectivity index (χ4v) is 4.60. The monoisotopic (exact) mass is 418 g/mol. The summed E-state index contributed by atoms with van der Waals surface area (Å²) < 4.78 is 0. The molecule has 0 spiro atoms. The molecule has 2 heterocycles. The summed E-state index contributed by atoms with van der Waals surface area (Å²) in [7, 11) is 0. The predicted molar refractivity (Wildman–Crippen MR) is 117 cm³/mol. The first kappa shape index (κ1) is 20.1. The van der Waals surface area contributed by atoms with Crippen molar-refractivity contribution in [1.29, 1.82) is 0 Å². The summed E-state index contributed by atoms with van der Waals surface area (Å²) in [5.41, 5.74) is 2.44. The number of piperazine rings is 2. The number of benzene rings is 2. The fourth-order valence-electron chi connectivity index (χ4n) is 4.21. The van der Waals surface area contributed by atoms with Crippen molar-refractivity contribution in [3.05, 3.63) is 69.7 Å². The molecule has 0 saturated carbocycles. The van der Waals surface area contributed by atoms with Crippen LogP contribution in [0.3, 0.4) is 0 Å². The van der Waals surface area contributed by atoms with Gasteiger partial charge in [-0.2, -0.15) is 0 Å². The maximum atomic E-state index is 6.41. The third-order valence-electron chi connectivity index (χ3n) is 5.84. The van der Waals surface area contributed by atoms with E-state index in [1.54, 1.807) is 0 Å². The van der Waals surface area contributed by atoms with E-state index in [9.17, 15) is 0 Å². The Balaban J connectivity index is 1.36. The molecular weight excluding hydrogens is 391 g/mol. The normalized spacial score (nSPS) is 22.4. The number of halogens is 2. The van der Waals surface area contributed by atoms with Crippen LogP contribution in [0.5, 0.6) is 0 Å². The molecule has 1 N–H and O–H groups in total. The van der Waals surface area contributed by atoms with Crippen LogP contribution in [0.25, 0.3) is 0 Å². The van der Waals surface area contributed by atoms with Gasteiger partial charge in [-0.25, -0.2) is 0 Å². The van der Waals surface area contributed by atoms with Crippen molar-refractivity contribution < 1.29 is 0 Å². The predicted octanol–water partition coefficient (Wildman–Crippen LogP) is 3.54. The maximum Gasteiger partial charge on any atom is 0.0755 e. The van der Waals surface area contributed by atoms with E-state index in [0.29, 0.717) is 6.17 Å². The molecule has 1 unspecified atom stereocenters. The molecular formula is C22H28Cl2N4. The van der Waals surface area contributed by atoms with Gasteiger partial charge in [0.1, 0.15) is 0 Å². The van der Waals surface area contributed by atoms with Crippen LogP contribution in [0.1, 0.15) is 11.1 Å². The van der Waals surface area contributed by atoms with Crippen molar-refractivity contribution in [2.75, 3.05) is 45.8 Å². The molecule has 0 bridgehead atoms. The molecule has 0 aromatic heterocycles. The second-order valence-corrected chi connectivity index (χ2v) is 8.46. The van der Waals surface area contributed by atoms with Gasteiger partial charge in [-0.3, -0.25) is 14.7 Å². The molecule has 2 saturated heterocycles. The molecule has 1 atom stereocenters. The Labute approximate surface area is 178 Å². The first-order chi connectivity index (χ1) is 13.7. The molecule has 28 heavy (non-hydrogen) atoms. The molecule has 0 radical (unpaired) electrons. The highest BCUT2D eigenvalue weighted by Crippen LogP contribution is 2.22. The van der Waals surface area contributed by atoms with Crippen LogP contribution in [-0.2, 0) is 13.1 Å². The SMILES string of the molecule is Clc1ccccc1CN1CCN(C2CNCCN2Cc2ccccc2Cl)CC1. The second-order valence-electron chi connectivity index (χ2n) is 7.65. The zero-order chi connectivity index (χ0) is 19.3. The molecule has 0 amide bonds. The Bertz CT molecular complexity index is 777. The van der Waals surface area contributed by atoms with Crippen LogP contribution in [0.2, 0.25) is 10.0 Å². The highest BCUT2D eigenvalue weighted by atomic mass is 35.5. The van der Waals surface area contributed by atoms with E-state index in [1.807, 2.05) is 24.3 Å². The number of nitrogens with zero attached hydrogens (tertiary/aromatic N) is 3. The summed E-state index contributed by atoms with van der Waals surface area (Å²) in [5, 5.41) is 5.31. The van der Waals surface area contributed by atoms with Gasteiger partial charge >= 0.3 is 0 Å². The van der Waals surface area contributed by atoms with Gasteiger partial charge in [0, 0.05) is 68.9 Å². The van der Waals surface area contributed by atoms with Crippen molar-refractivity contribution in [2.24, 2.45) is 0 Å². The molecule has 0 aliphatic carbocycles. The first-order valence-electron chi connectivity index (χ1n) is 10.1. The van der Waals surface area contributed by atoms with E-state index in [1.165, 1.54) is 11.1 Å². The van der Waals surface area contributed by atoms with E-state index in [-0.39, 0.29) is 0 Å². The summed E-state index contributed by atoms with van der Waals surface area (Å²) in [4.78, 5) is 7.69. The average Bonchev–Trinajstić information content (AvgIpc) is 2.73. The average molecular weight is 419 g/mol. The van der Waals surface area contributed by atoms with Crippen LogP contribution in [0.15, 0.2) is 48.5 Å². The smallest absolute Gasteiger partial charge is 0.0755 e. The third kappa shape index (κ3) is 4.88. The summed E-state index contributed by atoms with van der Waals surface area (Å²) in [5.74, 6) is 0. The maximum absolute atomic E-state index is 6.41. The largest absolute Gasteiger partial charge is 0.313 e. The Hall–Kier alpha value is -1.14. The topological polar surface area (TPSA) is 21.8 Å². The van der Waals surface area contributed by atoms with Crippen LogP contribution in [0, 0.1) is 0 Å². The molecule has 2 aliphatic rings. The molecule has 2 aromatic rings. The Morgan fingerprint density at radius 3 is 2.04 bits per heavy atom. The summed E-state index contributed by atoms with van der Waals surface area (Å²) >= 11 is 12.8. The van der Waals surface area contributed by atoms with Gasteiger partial charge in [0.2, 0.25) is 0 Å². The van der Waals surface area contributed by atoms with Gasteiger partial charge in [-0.15, -0.1) is 0 Å². The molecule has 6 heteroatoms. The first-order valence-corrected chi connectivity index (χ1v) is 10.8. The minimum Gasteiger partial charge on any atom is -0.313 e. The minimum atomic E-state index is 0.424. The van der Waals surface area contributed by atoms with Crippen LogP contribution in [-0.4, -0.2) is 66.7 Å². The molecule has 2 fully saturated rings. The highest BCUT2D eigenvalue weighted by molar-refractivity contribution is 6.31. The standard InChI is InChI=1S/C22H28Cl2N4/c23-20-7-3-1-5-18(20)16-26-11-13-27(14-12-26)22-15-25-9-10-28(22)17-19-6-2-4-8-21(19)24/h1-8,22,25H,9-17H2. The zero-order valence-corrected chi connectivity index (χ0v) is 17.7. The quantitative estimate of drug-likeness (QED) is 0.800. The van der Waals surface area contributed by atoms with Gasteiger partial charge in [-0.05, 0) is 23.3 Å². The summed E-state index contributed by atoms with van der Waals surface area (Å²) in [6.45, 7) is 9.23. The number of rotatable bonds is 5. The van der Waals surface area contributed by atoms with Gasteiger partial charge in [0.05, 0.1) is 6.17 Å². The second kappa shape index (κ2) is 9.57. The molecule has 4 nitrogen and oxygen atoms in total. The van der Waals surface area contributed by atoms with Crippen molar-refractivity contribution in [2.45, 2.75) is 19.3 Å². The minimum absolute atomic E-state index is 0.424. The molecule has 2 aliphatic heterocycles. The van der Waals surface area contributed by atoms with E-state index in [2.05, 4.69) is 44.3 Å². The lowest BCUT2D eigenvalue weighted by molar-refractivity contribution is -0.0112. The zero-order valence-electron chi connectivity index (χ0n) is 16.2. The summed E-state index contributed by atoms with van der Waals surface area (Å²) in [6.07, 6.45) is 0.424. The molecule has 2 aromatic carbocycles. The Kier molecular flexibility index (Phi) is 6.89. The van der Waals surface area contributed by atoms with E-state index in [4.69, 9.17) is 23.2 Å². The highest BCUT2D eigenvalue weighted by Gasteiger charge is 2.30. The number of hydrogen-bond acceptors (Lipinski definition) is 4. The van der Waals surface area contributed by atoms with Gasteiger partial charge in [0.15, 0.2) is 0 Å². The van der Waals surface area contributed by atoms with Crippen LogP contribution in [0.4, 0.5) is 0 Å². The molecule has 150 valence electrons. The van der Waals surface area contributed by atoms with Crippen molar-refractivity contribution in [3.8, 4) is 0 Å². The lowest BCUT2D eigenvalue weighted by Crippen LogP contribution is -2.62. The van der Waals surface area contributed by atoms with Gasteiger partial charge in [-0.1, -0.05) is 59.6 Å². The fraction of sp³-hybridized carbons (Fsp3) is 0.455. The Morgan fingerprint density at radius 2 is 1.39 bits per heavy atom. The number of nitrogens with one attached hydrogen (secondary N) is 1. The lowest BCUT2D eigenvalue weighted by atomic mass is 10.1. The van der Waals surface area contributed by atoms with Gasteiger partial charge < -0.3 is 5.32 Å². The van der Waals surface area contributed by atoms with Crippen molar-refractivity contribution in [1.82, 2.24) is 20.0 Å². The van der Waals surface area contributed by atoms with Crippen LogP contribution >= 0.6 is 23.2 Å². The van der Waals surface area contributed by atoms with E-state index >= 15 is 0 Å². The third-order valence-corrected chi connectivity index (χ3v) is 6.57. The lowest BCUT2D eigenvalue weighted by Gasteiger charge is -2.46. The van der Waals surface area contributed by atoms with Crippen LogP contribution < -0.4 is 5.32 Å². The van der Waals surface area contributed by atoms with Crippen molar-refractivity contribution in [3.63, 3.8) is 0 Å². The van der Waals surface area contributed by atoms with E-state index < -0.39 is 0 Å². The van der Waals surface area contributed by atoms with Gasteiger partial charge in [0.25, 0.3) is 0 Å². The summed E-state index contributed by atoms with van der Waals surface area (Å²) in [6, 6.07) is 16.4. The molecule has 4 rings (SSSR count). The number of hydrogen-bond donors (Lipinski definition) is 1. The Morgan fingerprint density at radius 1 is 0.786 bits per heavy atom. The van der Waals surface area contributed by atoms with E-state index in [0.717, 1.165) is 68.9 Å². The van der Waals surface area contributed by atoms with Crippen molar-refractivity contribution >= 4 is 23.2 Å².